The second-order valence-electron chi connectivity index (χ2n) is 15.6. The lowest BCUT2D eigenvalue weighted by Gasteiger charge is -2.11. The van der Waals surface area contributed by atoms with Gasteiger partial charge in [0.05, 0.1) is 26.9 Å². The number of thiophene rings is 1. The van der Waals surface area contributed by atoms with Crippen molar-refractivity contribution in [3.63, 3.8) is 0 Å². The molecule has 0 saturated carbocycles. The molecule has 5 aromatic heterocycles. The van der Waals surface area contributed by atoms with E-state index < -0.39 is 0 Å². The topological polar surface area (TPSA) is 82.5 Å². The maximum absolute atomic E-state index is 6.69. The van der Waals surface area contributed by atoms with Crippen LogP contribution in [0.1, 0.15) is 0 Å². The summed E-state index contributed by atoms with van der Waals surface area (Å²) in [5, 5.41) is 5.28. The summed E-state index contributed by atoms with van der Waals surface area (Å²) in [6, 6.07) is 66.8. The van der Waals surface area contributed by atoms with Gasteiger partial charge in [-0.3, -0.25) is 4.57 Å². The molecule has 0 radical (unpaired) electrons. The first-order chi connectivity index (χ1) is 31.2. The molecule has 0 amide bonds. The average Bonchev–Trinajstić information content (AvgIpc) is 4.03. The van der Waals surface area contributed by atoms with Crippen LogP contribution in [0.25, 0.3) is 127 Å². The van der Waals surface area contributed by atoms with E-state index in [4.69, 9.17) is 29.3 Å². The third-order valence-electron chi connectivity index (χ3n) is 11.9. The number of benzene rings is 8. The highest BCUT2D eigenvalue weighted by Crippen LogP contribution is 2.42. The van der Waals surface area contributed by atoms with Gasteiger partial charge in [-0.15, -0.1) is 11.3 Å². The quantitative estimate of drug-likeness (QED) is 0.166. The van der Waals surface area contributed by atoms with Crippen molar-refractivity contribution in [3.05, 3.63) is 194 Å². The summed E-state index contributed by atoms with van der Waals surface area (Å²) in [5.41, 5.74) is 11.3. The number of hydrogen-bond donors (Lipinski definition) is 0. The molecule has 7 nitrogen and oxygen atoms in total. The van der Waals surface area contributed by atoms with E-state index in [0.717, 1.165) is 92.8 Å². The van der Waals surface area contributed by atoms with Crippen molar-refractivity contribution in [2.45, 2.75) is 0 Å². The minimum atomic E-state index is 0.532. The SMILES string of the molecule is c1ccc(-c2ccc3c4ccccc4n(-c4nc(-c5ccccc5)nc(-c5ccc6c(c5)oc5cccc(-c7nc(-c8ccccc8)c8sc9ccccc9c8n7)c56)n4)c3c2)cc1. The normalized spacial score (nSPS) is 11.8. The first kappa shape index (κ1) is 35.4. The second-order valence-corrected chi connectivity index (χ2v) is 16.7. The van der Waals surface area contributed by atoms with Crippen molar-refractivity contribution in [2.24, 2.45) is 0 Å². The molecule has 0 fully saturated rings. The molecule has 0 aliphatic carbocycles. The molecule has 8 heteroatoms. The summed E-state index contributed by atoms with van der Waals surface area (Å²) in [7, 11) is 0. The molecule has 0 N–H and O–H groups in total. The zero-order valence-electron chi connectivity index (χ0n) is 33.5. The van der Waals surface area contributed by atoms with E-state index in [0.29, 0.717) is 29.0 Å². The van der Waals surface area contributed by atoms with Crippen LogP contribution < -0.4 is 0 Å². The van der Waals surface area contributed by atoms with Gasteiger partial charge in [0.25, 0.3) is 0 Å². The number of furan rings is 1. The summed E-state index contributed by atoms with van der Waals surface area (Å²) >= 11 is 1.73. The molecule has 0 spiro atoms. The monoisotopic (exact) mass is 824 g/mol. The van der Waals surface area contributed by atoms with Crippen molar-refractivity contribution in [2.75, 3.05) is 0 Å². The number of hydrogen-bond acceptors (Lipinski definition) is 7. The van der Waals surface area contributed by atoms with Crippen LogP contribution in [0.3, 0.4) is 0 Å². The Balaban J connectivity index is 1.00. The van der Waals surface area contributed by atoms with Crippen molar-refractivity contribution < 1.29 is 4.42 Å². The fourth-order valence-electron chi connectivity index (χ4n) is 8.96. The molecule has 0 aliphatic heterocycles. The van der Waals surface area contributed by atoms with Crippen molar-refractivity contribution in [1.82, 2.24) is 29.5 Å². The van der Waals surface area contributed by atoms with Crippen LogP contribution in [-0.4, -0.2) is 29.5 Å². The average molecular weight is 825 g/mol. The predicted octanol–water partition coefficient (Wildman–Crippen LogP) is 14.4. The minimum Gasteiger partial charge on any atom is -0.456 e. The van der Waals surface area contributed by atoms with Crippen molar-refractivity contribution in [1.29, 1.82) is 0 Å². The van der Waals surface area contributed by atoms with Gasteiger partial charge in [0.1, 0.15) is 11.2 Å². The molecule has 8 aromatic carbocycles. The van der Waals surface area contributed by atoms with Crippen LogP contribution in [0.5, 0.6) is 0 Å². The molecule has 13 rings (SSSR count). The van der Waals surface area contributed by atoms with E-state index in [9.17, 15) is 0 Å². The molecular formula is C55H32N6OS. The summed E-state index contributed by atoms with van der Waals surface area (Å²) < 4.78 is 11.1. The van der Waals surface area contributed by atoms with Crippen LogP contribution >= 0.6 is 11.3 Å². The Labute approximate surface area is 364 Å². The van der Waals surface area contributed by atoms with Gasteiger partial charge < -0.3 is 4.42 Å². The van der Waals surface area contributed by atoms with Crippen molar-refractivity contribution in [3.8, 4) is 62.5 Å². The lowest BCUT2D eigenvalue weighted by atomic mass is 10.0. The van der Waals surface area contributed by atoms with Crippen LogP contribution in [0.4, 0.5) is 0 Å². The van der Waals surface area contributed by atoms with E-state index in [-0.39, 0.29) is 0 Å². The number of para-hydroxylation sites is 1. The molecule has 13 aromatic rings. The molecular weight excluding hydrogens is 793 g/mol. The Morgan fingerprint density at radius 1 is 0.397 bits per heavy atom. The molecule has 5 heterocycles. The van der Waals surface area contributed by atoms with Crippen molar-refractivity contribution >= 4 is 75.4 Å². The summed E-state index contributed by atoms with van der Waals surface area (Å²) in [4.78, 5) is 26.2. The predicted molar refractivity (Wildman–Crippen MR) is 257 cm³/mol. The Kier molecular flexibility index (Phi) is 7.94. The molecule has 0 saturated heterocycles. The second kappa shape index (κ2) is 14.1. The first-order valence-electron chi connectivity index (χ1n) is 20.8. The van der Waals surface area contributed by atoms with E-state index in [1.807, 2.05) is 60.7 Å². The van der Waals surface area contributed by atoms with Gasteiger partial charge in [0.15, 0.2) is 17.5 Å². The summed E-state index contributed by atoms with van der Waals surface area (Å²) in [6.07, 6.45) is 0. The molecule has 0 bridgehead atoms. The highest BCUT2D eigenvalue weighted by molar-refractivity contribution is 7.26. The van der Waals surface area contributed by atoms with Gasteiger partial charge in [0.2, 0.25) is 5.95 Å². The zero-order valence-corrected chi connectivity index (χ0v) is 34.3. The lowest BCUT2D eigenvalue weighted by molar-refractivity contribution is 0.669. The van der Waals surface area contributed by atoms with Gasteiger partial charge in [-0.05, 0) is 47.5 Å². The highest BCUT2D eigenvalue weighted by Gasteiger charge is 2.22. The standard InChI is InChI=1S/C55H32N6OS/c1-4-15-33(16-5-1)36-27-29-39-38-21-10-12-24-43(38)61(44(39)31-36)55-59-52(35-19-8-3-9-20-35)58-53(60-55)37-28-30-40-46(32-37)62-45-25-14-23-42(48(40)45)54-56-49(34-17-6-2-7-18-34)51-50(57-54)41-22-11-13-26-47(41)63-51/h1-32H. The highest BCUT2D eigenvalue weighted by atomic mass is 32.1. The van der Waals surface area contributed by atoms with Gasteiger partial charge in [0, 0.05) is 53.9 Å². The third-order valence-corrected chi connectivity index (χ3v) is 13.1. The third kappa shape index (κ3) is 5.76. The number of fused-ring (bicyclic) bond motifs is 9. The minimum absolute atomic E-state index is 0.532. The molecule has 294 valence electrons. The van der Waals surface area contributed by atoms with Crippen LogP contribution in [0.2, 0.25) is 0 Å². The number of aromatic nitrogens is 6. The largest absolute Gasteiger partial charge is 0.456 e. The fraction of sp³-hybridized carbons (Fsp3) is 0. The Morgan fingerprint density at radius 3 is 1.86 bits per heavy atom. The number of nitrogens with zero attached hydrogens (tertiary/aromatic N) is 6. The van der Waals surface area contributed by atoms with E-state index in [1.165, 1.54) is 4.70 Å². The molecule has 0 aliphatic rings. The maximum Gasteiger partial charge on any atom is 0.238 e. The Bertz CT molecular complexity index is 3910. The fourth-order valence-corrected chi connectivity index (χ4v) is 10.1. The van der Waals surface area contributed by atoms with Gasteiger partial charge >= 0.3 is 0 Å². The maximum atomic E-state index is 6.69. The van der Waals surface area contributed by atoms with Gasteiger partial charge in [-0.1, -0.05) is 158 Å². The van der Waals surface area contributed by atoms with E-state index in [2.05, 4.69) is 138 Å². The van der Waals surface area contributed by atoms with E-state index in [1.54, 1.807) is 11.3 Å². The molecule has 63 heavy (non-hydrogen) atoms. The smallest absolute Gasteiger partial charge is 0.238 e. The molecule has 0 unspecified atom stereocenters. The Morgan fingerprint density at radius 2 is 1.05 bits per heavy atom. The van der Waals surface area contributed by atoms with Crippen LogP contribution in [0.15, 0.2) is 199 Å². The summed E-state index contributed by atoms with van der Waals surface area (Å²) in [5.74, 6) is 2.30. The van der Waals surface area contributed by atoms with Gasteiger partial charge in [-0.2, -0.15) is 9.97 Å². The summed E-state index contributed by atoms with van der Waals surface area (Å²) in [6.45, 7) is 0. The van der Waals surface area contributed by atoms with E-state index >= 15 is 0 Å². The Hall–Kier alpha value is -8.33. The van der Waals surface area contributed by atoms with Crippen LogP contribution in [0, 0.1) is 0 Å². The molecule has 0 atom stereocenters. The zero-order chi connectivity index (χ0) is 41.4. The first-order valence-corrected chi connectivity index (χ1v) is 21.6. The van der Waals surface area contributed by atoms with Crippen LogP contribution in [-0.2, 0) is 0 Å². The van der Waals surface area contributed by atoms with Gasteiger partial charge in [-0.25, -0.2) is 15.0 Å². The number of rotatable bonds is 6. The lowest BCUT2D eigenvalue weighted by Crippen LogP contribution is -2.06.